The average molecular weight is 347 g/mol. The van der Waals surface area contributed by atoms with Crippen LogP contribution in [0.3, 0.4) is 0 Å². The number of anilines is 2. The van der Waals surface area contributed by atoms with Crippen molar-refractivity contribution in [3.63, 3.8) is 0 Å². The van der Waals surface area contributed by atoms with Crippen LogP contribution in [0.1, 0.15) is 25.6 Å². The zero-order chi connectivity index (χ0) is 17.8. The van der Waals surface area contributed by atoms with Gasteiger partial charge in [0.05, 0.1) is 12.2 Å². The predicted octanol–water partition coefficient (Wildman–Crippen LogP) is 2.09. The van der Waals surface area contributed by atoms with E-state index in [1.165, 1.54) is 6.07 Å². The van der Waals surface area contributed by atoms with Crippen molar-refractivity contribution in [2.24, 2.45) is 0 Å². The summed E-state index contributed by atoms with van der Waals surface area (Å²) in [4.78, 5) is 20.5. The summed E-state index contributed by atoms with van der Waals surface area (Å²) in [5.41, 5.74) is 0.207. The van der Waals surface area contributed by atoms with Gasteiger partial charge in [0.1, 0.15) is 5.82 Å². The SMILES string of the molecule is CC(C)c1noc(N2CCN(CC(=O)Nc3ccccc3F)CC2)n1. The fraction of sp³-hybridized carbons (Fsp3) is 0.471. The smallest absolute Gasteiger partial charge is 0.322 e. The number of carbonyl (C=O) groups excluding carboxylic acids is 1. The second-order valence-electron chi connectivity index (χ2n) is 6.38. The highest BCUT2D eigenvalue weighted by molar-refractivity contribution is 5.92. The van der Waals surface area contributed by atoms with Crippen molar-refractivity contribution in [3.05, 3.63) is 35.9 Å². The summed E-state index contributed by atoms with van der Waals surface area (Å²) in [7, 11) is 0. The van der Waals surface area contributed by atoms with E-state index in [4.69, 9.17) is 4.52 Å². The molecule has 0 radical (unpaired) electrons. The van der Waals surface area contributed by atoms with Crippen LogP contribution in [-0.4, -0.2) is 53.7 Å². The van der Waals surface area contributed by atoms with Crippen molar-refractivity contribution in [2.75, 3.05) is 42.9 Å². The first-order valence-electron chi connectivity index (χ1n) is 8.38. The highest BCUT2D eigenvalue weighted by Gasteiger charge is 2.23. The number of rotatable bonds is 5. The van der Waals surface area contributed by atoms with E-state index in [0.717, 1.165) is 0 Å². The molecular weight excluding hydrogens is 325 g/mol. The average Bonchev–Trinajstić information content (AvgIpc) is 3.08. The summed E-state index contributed by atoms with van der Waals surface area (Å²) in [5.74, 6) is 0.263. The Labute approximate surface area is 145 Å². The molecule has 1 aliphatic rings. The molecule has 0 unspecified atom stereocenters. The Morgan fingerprint density at radius 3 is 2.64 bits per heavy atom. The number of hydrogen-bond acceptors (Lipinski definition) is 6. The van der Waals surface area contributed by atoms with Gasteiger partial charge in [-0.3, -0.25) is 9.69 Å². The fourth-order valence-electron chi connectivity index (χ4n) is 2.64. The van der Waals surface area contributed by atoms with Crippen LogP contribution in [0.15, 0.2) is 28.8 Å². The van der Waals surface area contributed by atoms with Crippen LogP contribution in [0.4, 0.5) is 16.1 Å². The van der Waals surface area contributed by atoms with Gasteiger partial charge >= 0.3 is 6.01 Å². The first-order chi connectivity index (χ1) is 12.0. The first-order valence-corrected chi connectivity index (χ1v) is 8.38. The molecule has 25 heavy (non-hydrogen) atoms. The van der Waals surface area contributed by atoms with Crippen molar-refractivity contribution >= 4 is 17.6 Å². The second-order valence-corrected chi connectivity index (χ2v) is 6.38. The molecule has 1 aromatic heterocycles. The van der Waals surface area contributed by atoms with Crippen LogP contribution >= 0.6 is 0 Å². The summed E-state index contributed by atoms with van der Waals surface area (Å²) in [6.45, 7) is 7.05. The molecule has 0 spiro atoms. The maximum atomic E-state index is 13.6. The van der Waals surface area contributed by atoms with E-state index in [9.17, 15) is 9.18 Å². The predicted molar refractivity (Wildman–Crippen MR) is 92.1 cm³/mol. The quantitative estimate of drug-likeness (QED) is 0.893. The van der Waals surface area contributed by atoms with E-state index in [0.29, 0.717) is 38.0 Å². The van der Waals surface area contributed by atoms with Crippen molar-refractivity contribution in [3.8, 4) is 0 Å². The minimum atomic E-state index is -0.432. The fourth-order valence-corrected chi connectivity index (χ4v) is 2.64. The number of carbonyl (C=O) groups is 1. The molecule has 8 heteroatoms. The monoisotopic (exact) mass is 347 g/mol. The molecule has 7 nitrogen and oxygen atoms in total. The zero-order valence-corrected chi connectivity index (χ0v) is 14.4. The summed E-state index contributed by atoms with van der Waals surface area (Å²) < 4.78 is 18.9. The summed E-state index contributed by atoms with van der Waals surface area (Å²) >= 11 is 0. The van der Waals surface area contributed by atoms with Gasteiger partial charge < -0.3 is 14.7 Å². The van der Waals surface area contributed by atoms with E-state index >= 15 is 0 Å². The molecule has 3 rings (SSSR count). The van der Waals surface area contributed by atoms with Crippen LogP contribution in [-0.2, 0) is 4.79 Å². The van der Waals surface area contributed by atoms with Gasteiger partial charge in [-0.25, -0.2) is 4.39 Å². The van der Waals surface area contributed by atoms with Gasteiger partial charge in [0.15, 0.2) is 5.82 Å². The molecule has 2 heterocycles. The Hall–Kier alpha value is -2.48. The Morgan fingerprint density at radius 1 is 1.28 bits per heavy atom. The van der Waals surface area contributed by atoms with Crippen molar-refractivity contribution < 1.29 is 13.7 Å². The molecule has 1 aliphatic heterocycles. The van der Waals surface area contributed by atoms with E-state index < -0.39 is 5.82 Å². The lowest BCUT2D eigenvalue weighted by atomic mass is 10.2. The summed E-state index contributed by atoms with van der Waals surface area (Å²) in [6.07, 6.45) is 0. The van der Waals surface area contributed by atoms with Crippen LogP contribution in [0.2, 0.25) is 0 Å². The number of para-hydroxylation sites is 1. The summed E-state index contributed by atoms with van der Waals surface area (Å²) in [5, 5.41) is 6.58. The number of benzene rings is 1. The van der Waals surface area contributed by atoms with E-state index in [2.05, 4.69) is 15.5 Å². The van der Waals surface area contributed by atoms with Crippen molar-refractivity contribution in [1.82, 2.24) is 15.0 Å². The summed E-state index contributed by atoms with van der Waals surface area (Å²) in [6, 6.07) is 6.68. The van der Waals surface area contributed by atoms with Crippen LogP contribution in [0.25, 0.3) is 0 Å². The third-order valence-electron chi connectivity index (χ3n) is 4.11. The topological polar surface area (TPSA) is 74.5 Å². The van der Waals surface area contributed by atoms with E-state index in [1.807, 2.05) is 23.6 Å². The van der Waals surface area contributed by atoms with Crippen molar-refractivity contribution in [2.45, 2.75) is 19.8 Å². The lowest BCUT2D eigenvalue weighted by Gasteiger charge is -2.32. The first kappa shape index (κ1) is 17.3. The minimum Gasteiger partial charge on any atom is -0.322 e. The Balaban J connectivity index is 1.49. The molecule has 1 saturated heterocycles. The minimum absolute atomic E-state index is 0.207. The third-order valence-corrected chi connectivity index (χ3v) is 4.11. The Bertz CT molecular complexity index is 725. The van der Waals surface area contributed by atoms with Crippen LogP contribution < -0.4 is 10.2 Å². The largest absolute Gasteiger partial charge is 0.324 e. The molecule has 1 fully saturated rings. The van der Waals surface area contributed by atoms with E-state index in [1.54, 1.807) is 18.2 Å². The lowest BCUT2D eigenvalue weighted by molar-refractivity contribution is -0.117. The maximum Gasteiger partial charge on any atom is 0.324 e. The number of amides is 1. The van der Waals surface area contributed by atoms with Crippen LogP contribution in [0.5, 0.6) is 0 Å². The molecule has 0 bridgehead atoms. The van der Waals surface area contributed by atoms with Gasteiger partial charge in [0.2, 0.25) is 5.91 Å². The van der Waals surface area contributed by atoms with E-state index in [-0.39, 0.29) is 24.1 Å². The molecule has 0 saturated carbocycles. The highest BCUT2D eigenvalue weighted by atomic mass is 19.1. The number of halogens is 1. The molecule has 0 aliphatic carbocycles. The number of piperazine rings is 1. The molecular formula is C17H22FN5O2. The number of aromatic nitrogens is 2. The van der Waals surface area contributed by atoms with Gasteiger partial charge in [-0.2, -0.15) is 4.98 Å². The standard InChI is InChI=1S/C17H22FN5O2/c1-12(2)16-20-17(25-21-16)23-9-7-22(8-10-23)11-15(24)19-14-6-4-3-5-13(14)18/h3-6,12H,7-11H2,1-2H3,(H,19,24). The number of hydrogen-bond donors (Lipinski definition) is 1. The normalized spacial score (nSPS) is 15.6. The van der Waals surface area contributed by atoms with Gasteiger partial charge in [-0.15, -0.1) is 0 Å². The van der Waals surface area contributed by atoms with Gasteiger partial charge in [0.25, 0.3) is 0 Å². The Morgan fingerprint density at radius 2 is 2.00 bits per heavy atom. The lowest BCUT2D eigenvalue weighted by Crippen LogP contribution is -2.48. The number of nitrogens with zero attached hydrogens (tertiary/aromatic N) is 4. The number of nitrogens with one attached hydrogen (secondary N) is 1. The third kappa shape index (κ3) is 4.33. The molecule has 1 aromatic carbocycles. The Kier molecular flexibility index (Phi) is 5.28. The van der Waals surface area contributed by atoms with Gasteiger partial charge in [-0.1, -0.05) is 31.1 Å². The van der Waals surface area contributed by atoms with Gasteiger partial charge in [-0.05, 0) is 12.1 Å². The van der Waals surface area contributed by atoms with Crippen LogP contribution in [0, 0.1) is 5.82 Å². The molecule has 1 N–H and O–H groups in total. The van der Waals surface area contributed by atoms with Gasteiger partial charge in [0, 0.05) is 32.1 Å². The van der Waals surface area contributed by atoms with Crippen molar-refractivity contribution in [1.29, 1.82) is 0 Å². The molecule has 1 amide bonds. The molecule has 2 aromatic rings. The molecule has 134 valence electrons. The molecule has 0 atom stereocenters. The zero-order valence-electron chi connectivity index (χ0n) is 14.4. The second kappa shape index (κ2) is 7.60. The maximum absolute atomic E-state index is 13.6. The highest BCUT2D eigenvalue weighted by Crippen LogP contribution is 2.18.